The summed E-state index contributed by atoms with van der Waals surface area (Å²) in [5.41, 5.74) is 0.825. The molecular formula is C17H26N6O2. The first-order valence-corrected chi connectivity index (χ1v) is 8.83. The molecule has 3 rings (SSSR count). The van der Waals surface area contributed by atoms with Crippen molar-refractivity contribution in [1.29, 1.82) is 0 Å². The van der Waals surface area contributed by atoms with Crippen molar-refractivity contribution >= 4 is 0 Å². The number of hydrogen-bond donors (Lipinski definition) is 0. The molecule has 1 aliphatic rings. The molecule has 1 aliphatic heterocycles. The molecule has 136 valence electrons. The van der Waals surface area contributed by atoms with Gasteiger partial charge in [0.1, 0.15) is 0 Å². The predicted molar refractivity (Wildman–Crippen MR) is 93.3 cm³/mol. The highest BCUT2D eigenvalue weighted by Gasteiger charge is 2.19. The maximum atomic E-state index is 11.8. The highest BCUT2D eigenvalue weighted by atomic mass is 16.5. The maximum absolute atomic E-state index is 11.8. The standard InChI is InChI=1S/C17H26N6O2/c1-13(2)17-18-15(25-20-17)12-22-8-6-21(7-9-22)10-11-23-16(24)5-4-14(3)19-23/h4-5,13H,6-12H2,1-3H3. The first-order chi connectivity index (χ1) is 12.0. The molecule has 3 heterocycles. The van der Waals surface area contributed by atoms with E-state index in [1.807, 2.05) is 6.92 Å². The van der Waals surface area contributed by atoms with E-state index in [4.69, 9.17) is 4.52 Å². The molecule has 2 aromatic heterocycles. The van der Waals surface area contributed by atoms with Gasteiger partial charge in [-0.05, 0) is 13.0 Å². The van der Waals surface area contributed by atoms with Crippen molar-refractivity contribution in [3.63, 3.8) is 0 Å². The molecule has 0 spiro atoms. The van der Waals surface area contributed by atoms with Crippen LogP contribution in [0.15, 0.2) is 21.5 Å². The summed E-state index contributed by atoms with van der Waals surface area (Å²) in [5.74, 6) is 1.74. The lowest BCUT2D eigenvalue weighted by Crippen LogP contribution is -2.47. The molecule has 0 bridgehead atoms. The van der Waals surface area contributed by atoms with Crippen LogP contribution in [-0.2, 0) is 13.1 Å². The van der Waals surface area contributed by atoms with Crippen LogP contribution in [0.2, 0.25) is 0 Å². The van der Waals surface area contributed by atoms with Crippen molar-refractivity contribution in [2.75, 3.05) is 32.7 Å². The van der Waals surface area contributed by atoms with E-state index in [0.717, 1.165) is 44.2 Å². The van der Waals surface area contributed by atoms with Crippen molar-refractivity contribution in [1.82, 2.24) is 29.7 Å². The summed E-state index contributed by atoms with van der Waals surface area (Å²) in [5, 5.41) is 8.30. The zero-order valence-corrected chi connectivity index (χ0v) is 15.2. The van der Waals surface area contributed by atoms with Gasteiger partial charge in [0.05, 0.1) is 18.8 Å². The summed E-state index contributed by atoms with van der Waals surface area (Å²) >= 11 is 0. The van der Waals surface area contributed by atoms with Crippen LogP contribution in [0, 0.1) is 6.92 Å². The Morgan fingerprint density at radius 1 is 1.12 bits per heavy atom. The highest BCUT2D eigenvalue weighted by molar-refractivity contribution is 4.97. The van der Waals surface area contributed by atoms with Gasteiger partial charge in [0.2, 0.25) is 5.89 Å². The lowest BCUT2D eigenvalue weighted by molar-refractivity contribution is 0.113. The van der Waals surface area contributed by atoms with Crippen LogP contribution in [0.1, 0.15) is 37.2 Å². The van der Waals surface area contributed by atoms with Crippen molar-refractivity contribution in [2.24, 2.45) is 0 Å². The summed E-state index contributed by atoms with van der Waals surface area (Å²) in [4.78, 5) is 20.9. The first-order valence-electron chi connectivity index (χ1n) is 8.83. The largest absolute Gasteiger partial charge is 0.338 e. The van der Waals surface area contributed by atoms with Gasteiger partial charge in [0, 0.05) is 44.7 Å². The van der Waals surface area contributed by atoms with Crippen LogP contribution < -0.4 is 5.56 Å². The summed E-state index contributed by atoms with van der Waals surface area (Å²) in [7, 11) is 0. The normalized spacial score (nSPS) is 16.6. The highest BCUT2D eigenvalue weighted by Crippen LogP contribution is 2.12. The smallest absolute Gasteiger partial charge is 0.266 e. The van der Waals surface area contributed by atoms with Gasteiger partial charge in [-0.25, -0.2) is 4.68 Å². The van der Waals surface area contributed by atoms with Gasteiger partial charge in [-0.2, -0.15) is 10.1 Å². The second-order valence-electron chi connectivity index (χ2n) is 6.85. The van der Waals surface area contributed by atoms with Gasteiger partial charge < -0.3 is 4.52 Å². The molecule has 25 heavy (non-hydrogen) atoms. The van der Waals surface area contributed by atoms with E-state index in [9.17, 15) is 4.79 Å². The summed E-state index contributed by atoms with van der Waals surface area (Å²) in [6.07, 6.45) is 0. The summed E-state index contributed by atoms with van der Waals surface area (Å²) < 4.78 is 6.87. The Kier molecular flexibility index (Phi) is 5.60. The minimum absolute atomic E-state index is 0.0402. The summed E-state index contributed by atoms with van der Waals surface area (Å²) in [6.45, 7) is 12.0. The average Bonchev–Trinajstić information content (AvgIpc) is 3.06. The van der Waals surface area contributed by atoms with E-state index in [2.05, 4.69) is 38.9 Å². The molecule has 8 nitrogen and oxygen atoms in total. The number of piperazine rings is 1. The van der Waals surface area contributed by atoms with E-state index < -0.39 is 0 Å². The van der Waals surface area contributed by atoms with Crippen LogP contribution >= 0.6 is 0 Å². The Labute approximate surface area is 147 Å². The second kappa shape index (κ2) is 7.88. The fourth-order valence-corrected chi connectivity index (χ4v) is 2.88. The van der Waals surface area contributed by atoms with E-state index in [0.29, 0.717) is 19.0 Å². The van der Waals surface area contributed by atoms with Crippen molar-refractivity contribution < 1.29 is 4.52 Å². The number of hydrogen-bond acceptors (Lipinski definition) is 7. The minimum atomic E-state index is -0.0402. The quantitative estimate of drug-likeness (QED) is 0.768. The Hall–Kier alpha value is -2.06. The third kappa shape index (κ3) is 4.73. The summed E-state index contributed by atoms with van der Waals surface area (Å²) in [6, 6.07) is 3.33. The van der Waals surface area contributed by atoms with Gasteiger partial charge in [-0.15, -0.1) is 0 Å². The monoisotopic (exact) mass is 346 g/mol. The van der Waals surface area contributed by atoms with Crippen molar-refractivity contribution in [3.8, 4) is 0 Å². The van der Waals surface area contributed by atoms with Gasteiger partial charge >= 0.3 is 0 Å². The van der Waals surface area contributed by atoms with E-state index in [-0.39, 0.29) is 11.5 Å². The molecule has 1 saturated heterocycles. The first kappa shape index (κ1) is 17.8. The van der Waals surface area contributed by atoms with E-state index in [1.54, 1.807) is 16.8 Å². The molecule has 8 heteroatoms. The molecule has 0 unspecified atom stereocenters. The molecule has 0 atom stereocenters. The van der Waals surface area contributed by atoms with E-state index >= 15 is 0 Å². The average molecular weight is 346 g/mol. The van der Waals surface area contributed by atoms with Crippen molar-refractivity contribution in [2.45, 2.75) is 39.8 Å². The number of rotatable bonds is 6. The fraction of sp³-hybridized carbons (Fsp3) is 0.647. The Morgan fingerprint density at radius 2 is 1.84 bits per heavy atom. The molecule has 0 N–H and O–H groups in total. The van der Waals surface area contributed by atoms with Crippen LogP contribution in [-0.4, -0.2) is 62.4 Å². The molecular weight excluding hydrogens is 320 g/mol. The maximum Gasteiger partial charge on any atom is 0.266 e. The van der Waals surface area contributed by atoms with Gasteiger partial charge in [0.25, 0.3) is 5.56 Å². The SMILES string of the molecule is Cc1ccc(=O)n(CCN2CCN(Cc3nc(C(C)C)no3)CC2)n1. The van der Waals surface area contributed by atoms with Gasteiger partial charge in [-0.1, -0.05) is 19.0 Å². The second-order valence-corrected chi connectivity index (χ2v) is 6.85. The van der Waals surface area contributed by atoms with Crippen LogP contribution in [0.3, 0.4) is 0 Å². The molecule has 0 aliphatic carbocycles. The third-order valence-corrected chi connectivity index (χ3v) is 4.45. The van der Waals surface area contributed by atoms with Crippen LogP contribution in [0.5, 0.6) is 0 Å². The number of nitrogens with zero attached hydrogens (tertiary/aromatic N) is 6. The van der Waals surface area contributed by atoms with Crippen LogP contribution in [0.25, 0.3) is 0 Å². The minimum Gasteiger partial charge on any atom is -0.338 e. The third-order valence-electron chi connectivity index (χ3n) is 4.45. The lowest BCUT2D eigenvalue weighted by Gasteiger charge is -2.33. The van der Waals surface area contributed by atoms with E-state index in [1.165, 1.54) is 0 Å². The molecule has 0 amide bonds. The molecule has 0 aromatic carbocycles. The Bertz CT molecular complexity index is 746. The zero-order chi connectivity index (χ0) is 17.8. The zero-order valence-electron chi connectivity index (χ0n) is 15.2. The number of aromatic nitrogens is 4. The predicted octanol–water partition coefficient (Wildman–Crippen LogP) is 0.876. The molecule has 2 aromatic rings. The van der Waals surface area contributed by atoms with Crippen LogP contribution in [0.4, 0.5) is 0 Å². The Morgan fingerprint density at radius 3 is 2.52 bits per heavy atom. The van der Waals surface area contributed by atoms with Gasteiger partial charge in [0.15, 0.2) is 5.82 Å². The Balaban J connectivity index is 1.45. The lowest BCUT2D eigenvalue weighted by atomic mass is 10.2. The van der Waals surface area contributed by atoms with Crippen molar-refractivity contribution in [3.05, 3.63) is 39.9 Å². The molecule has 0 saturated carbocycles. The number of aryl methyl sites for hydroxylation is 1. The molecule has 1 fully saturated rings. The topological polar surface area (TPSA) is 80.3 Å². The molecule has 0 radical (unpaired) electrons. The fourth-order valence-electron chi connectivity index (χ4n) is 2.88. The van der Waals surface area contributed by atoms with Gasteiger partial charge in [-0.3, -0.25) is 14.6 Å².